The quantitative estimate of drug-likeness (QED) is 0.161. The van der Waals surface area contributed by atoms with Gasteiger partial charge in [-0.2, -0.15) is 0 Å². The molecule has 24 heavy (non-hydrogen) atoms. The number of Topliss-reactive ketones (excluding diaryl/α,β-unsaturated/α-hetero) is 1. The standard InChI is InChI=1S/C16H20BrNO6/c1-22-13-9-14(23-2)12(17)8-11(13)15(20)10(16(21)24-3)4-5-18-6-7-19/h4,8-9,18-19H,5-7H2,1-3H3/b10-4-. The predicted octanol–water partition coefficient (Wildman–Crippen LogP) is 1.33. The van der Waals surface area contributed by atoms with E-state index in [1.165, 1.54) is 33.5 Å². The molecule has 8 heteroatoms. The van der Waals surface area contributed by atoms with Crippen molar-refractivity contribution in [2.45, 2.75) is 0 Å². The summed E-state index contributed by atoms with van der Waals surface area (Å²) in [7, 11) is 4.11. The number of rotatable bonds is 9. The molecule has 0 saturated carbocycles. The maximum atomic E-state index is 12.8. The number of ether oxygens (including phenoxy) is 3. The number of nitrogens with one attached hydrogen (secondary N) is 1. The highest BCUT2D eigenvalue weighted by Crippen LogP contribution is 2.34. The van der Waals surface area contributed by atoms with Crippen molar-refractivity contribution < 1.29 is 28.9 Å². The minimum atomic E-state index is -0.750. The van der Waals surface area contributed by atoms with Crippen LogP contribution in [0.1, 0.15) is 10.4 Å². The van der Waals surface area contributed by atoms with E-state index in [1.54, 1.807) is 6.07 Å². The molecule has 0 aromatic heterocycles. The third kappa shape index (κ3) is 5.05. The minimum absolute atomic E-state index is 0.0470. The van der Waals surface area contributed by atoms with Crippen LogP contribution in [0, 0.1) is 0 Å². The Bertz CT molecular complexity index is 629. The molecule has 7 nitrogen and oxygen atoms in total. The molecule has 0 atom stereocenters. The van der Waals surface area contributed by atoms with E-state index >= 15 is 0 Å². The Labute approximate surface area is 148 Å². The van der Waals surface area contributed by atoms with Gasteiger partial charge in [-0.25, -0.2) is 4.79 Å². The van der Waals surface area contributed by atoms with Gasteiger partial charge in [-0.15, -0.1) is 0 Å². The maximum absolute atomic E-state index is 12.8. The van der Waals surface area contributed by atoms with E-state index in [2.05, 4.69) is 26.0 Å². The van der Waals surface area contributed by atoms with E-state index in [-0.39, 0.29) is 30.0 Å². The molecule has 1 aromatic carbocycles. The van der Waals surface area contributed by atoms with Gasteiger partial charge in [0.2, 0.25) is 5.78 Å². The molecule has 2 N–H and O–H groups in total. The van der Waals surface area contributed by atoms with Gasteiger partial charge < -0.3 is 24.6 Å². The lowest BCUT2D eigenvalue weighted by Crippen LogP contribution is -2.21. The van der Waals surface area contributed by atoms with E-state index in [4.69, 9.17) is 14.6 Å². The number of carbonyl (C=O) groups is 2. The molecule has 0 spiro atoms. The number of hydrogen-bond acceptors (Lipinski definition) is 7. The summed E-state index contributed by atoms with van der Waals surface area (Å²) >= 11 is 3.31. The van der Waals surface area contributed by atoms with Crippen LogP contribution >= 0.6 is 15.9 Å². The lowest BCUT2D eigenvalue weighted by Gasteiger charge is -2.12. The summed E-state index contributed by atoms with van der Waals surface area (Å²) in [5.74, 6) is -0.512. The third-order valence-electron chi connectivity index (χ3n) is 3.11. The van der Waals surface area contributed by atoms with Crippen LogP contribution in [-0.2, 0) is 9.53 Å². The Morgan fingerprint density at radius 2 is 1.88 bits per heavy atom. The first-order valence-electron chi connectivity index (χ1n) is 7.06. The van der Waals surface area contributed by atoms with Crippen molar-refractivity contribution in [3.63, 3.8) is 0 Å². The summed E-state index contributed by atoms with van der Waals surface area (Å²) in [5, 5.41) is 11.6. The number of methoxy groups -OCH3 is 3. The van der Waals surface area contributed by atoms with Gasteiger partial charge in [-0.1, -0.05) is 6.08 Å². The average molecular weight is 402 g/mol. The van der Waals surface area contributed by atoms with Crippen LogP contribution in [0.25, 0.3) is 0 Å². The summed E-state index contributed by atoms with van der Waals surface area (Å²) in [4.78, 5) is 24.7. The monoisotopic (exact) mass is 401 g/mol. The number of benzene rings is 1. The molecule has 0 aliphatic carbocycles. The number of esters is 1. The van der Waals surface area contributed by atoms with Gasteiger partial charge in [0, 0.05) is 19.2 Å². The first-order chi connectivity index (χ1) is 11.5. The van der Waals surface area contributed by atoms with Crippen molar-refractivity contribution in [3.8, 4) is 11.5 Å². The van der Waals surface area contributed by atoms with Gasteiger partial charge in [0.05, 0.1) is 38.0 Å². The summed E-state index contributed by atoms with van der Waals surface area (Å²) in [6, 6.07) is 3.08. The van der Waals surface area contributed by atoms with Gasteiger partial charge in [0.15, 0.2) is 0 Å². The number of halogens is 1. The zero-order valence-electron chi connectivity index (χ0n) is 13.7. The summed E-state index contributed by atoms with van der Waals surface area (Å²) in [6.45, 7) is 0.529. The highest BCUT2D eigenvalue weighted by atomic mass is 79.9. The molecule has 1 aromatic rings. The van der Waals surface area contributed by atoms with Crippen LogP contribution in [0.5, 0.6) is 11.5 Å². The zero-order valence-corrected chi connectivity index (χ0v) is 15.3. The first-order valence-corrected chi connectivity index (χ1v) is 7.85. The van der Waals surface area contributed by atoms with Gasteiger partial charge in [-0.3, -0.25) is 4.79 Å². The molecule has 0 aliphatic rings. The minimum Gasteiger partial charge on any atom is -0.496 e. The largest absolute Gasteiger partial charge is 0.496 e. The molecule has 132 valence electrons. The number of hydrogen-bond donors (Lipinski definition) is 2. The van der Waals surface area contributed by atoms with Crippen molar-refractivity contribution >= 4 is 27.7 Å². The Balaban J connectivity index is 3.23. The van der Waals surface area contributed by atoms with E-state index in [1.807, 2.05) is 0 Å². The van der Waals surface area contributed by atoms with Crippen LogP contribution in [0.15, 0.2) is 28.3 Å². The SMILES string of the molecule is COC(=O)/C(=C\CNCCO)C(=O)c1cc(Br)c(OC)cc1OC. The molecule has 0 amide bonds. The maximum Gasteiger partial charge on any atom is 0.341 e. The van der Waals surface area contributed by atoms with Gasteiger partial charge >= 0.3 is 5.97 Å². The van der Waals surface area contributed by atoms with Crippen LogP contribution < -0.4 is 14.8 Å². The first kappa shape index (κ1) is 20.1. The van der Waals surface area contributed by atoms with Gasteiger partial charge in [0.1, 0.15) is 17.1 Å². The van der Waals surface area contributed by atoms with Crippen molar-refractivity contribution in [1.82, 2.24) is 5.32 Å². The molecule has 0 heterocycles. The third-order valence-corrected chi connectivity index (χ3v) is 3.73. The van der Waals surface area contributed by atoms with E-state index in [9.17, 15) is 9.59 Å². The van der Waals surface area contributed by atoms with Crippen LogP contribution in [0.2, 0.25) is 0 Å². The number of carbonyl (C=O) groups excluding carboxylic acids is 2. The Morgan fingerprint density at radius 3 is 2.42 bits per heavy atom. The molecule has 0 saturated heterocycles. The molecule has 0 aliphatic heterocycles. The van der Waals surface area contributed by atoms with Crippen LogP contribution in [0.4, 0.5) is 0 Å². The predicted molar refractivity (Wildman–Crippen MR) is 91.6 cm³/mol. The van der Waals surface area contributed by atoms with Gasteiger partial charge in [-0.05, 0) is 22.0 Å². The van der Waals surface area contributed by atoms with Crippen molar-refractivity contribution in [2.24, 2.45) is 0 Å². The van der Waals surface area contributed by atoms with Crippen LogP contribution in [0.3, 0.4) is 0 Å². The second kappa shape index (κ2) is 10.1. The fraction of sp³-hybridized carbons (Fsp3) is 0.375. The lowest BCUT2D eigenvalue weighted by atomic mass is 10.0. The fourth-order valence-corrected chi connectivity index (χ4v) is 2.42. The van der Waals surface area contributed by atoms with E-state index < -0.39 is 11.8 Å². The number of aliphatic hydroxyl groups is 1. The molecular formula is C16H20BrNO6. The van der Waals surface area contributed by atoms with Crippen molar-refractivity contribution in [1.29, 1.82) is 0 Å². The average Bonchev–Trinajstić information content (AvgIpc) is 2.60. The number of ketones is 1. The second-order valence-electron chi connectivity index (χ2n) is 4.55. The zero-order chi connectivity index (χ0) is 18.1. The molecule has 0 unspecified atom stereocenters. The Hall–Kier alpha value is -1.90. The summed E-state index contributed by atoms with van der Waals surface area (Å²) in [5.41, 5.74) is 0.0716. The molecule has 0 radical (unpaired) electrons. The number of aliphatic hydroxyl groups excluding tert-OH is 1. The van der Waals surface area contributed by atoms with E-state index in [0.717, 1.165) is 0 Å². The van der Waals surface area contributed by atoms with Crippen molar-refractivity contribution in [3.05, 3.63) is 33.8 Å². The van der Waals surface area contributed by atoms with E-state index in [0.29, 0.717) is 16.8 Å². The Morgan fingerprint density at radius 1 is 1.21 bits per heavy atom. The summed E-state index contributed by atoms with van der Waals surface area (Å²) < 4.78 is 15.6. The topological polar surface area (TPSA) is 94.1 Å². The lowest BCUT2D eigenvalue weighted by molar-refractivity contribution is -0.135. The molecular weight excluding hydrogens is 382 g/mol. The highest BCUT2D eigenvalue weighted by Gasteiger charge is 2.24. The molecule has 0 fully saturated rings. The molecule has 1 rings (SSSR count). The van der Waals surface area contributed by atoms with Crippen molar-refractivity contribution in [2.75, 3.05) is 41.0 Å². The smallest absolute Gasteiger partial charge is 0.341 e. The Kier molecular flexibility index (Phi) is 8.45. The normalized spacial score (nSPS) is 11.1. The van der Waals surface area contributed by atoms with Crippen LogP contribution in [-0.4, -0.2) is 57.9 Å². The van der Waals surface area contributed by atoms with Gasteiger partial charge in [0.25, 0.3) is 0 Å². The second-order valence-corrected chi connectivity index (χ2v) is 5.41. The highest BCUT2D eigenvalue weighted by molar-refractivity contribution is 9.10. The summed E-state index contributed by atoms with van der Waals surface area (Å²) in [6.07, 6.45) is 1.42. The molecule has 0 bridgehead atoms. The fourth-order valence-electron chi connectivity index (χ4n) is 1.92.